The van der Waals surface area contributed by atoms with E-state index in [0.717, 1.165) is 47.9 Å². The minimum Gasteiger partial charge on any atom is -0.327 e. The summed E-state index contributed by atoms with van der Waals surface area (Å²) in [6.07, 6.45) is 1.64. The van der Waals surface area contributed by atoms with Crippen LogP contribution in [0, 0.1) is 24.1 Å². The van der Waals surface area contributed by atoms with Crippen LogP contribution in [0.5, 0.6) is 0 Å². The lowest BCUT2D eigenvalue weighted by molar-refractivity contribution is 0.0941. The van der Waals surface area contributed by atoms with Crippen molar-refractivity contribution in [2.45, 2.75) is 59.5 Å². The average Bonchev–Trinajstić information content (AvgIpc) is 3.19. The molecule has 1 aliphatic carbocycles. The molecule has 0 radical (unpaired) electrons. The van der Waals surface area contributed by atoms with Crippen LogP contribution in [0.2, 0.25) is 0 Å². The molecule has 2 aromatic carbocycles. The Hall–Kier alpha value is -2.34. The second kappa shape index (κ2) is 9.51. The highest BCUT2D eigenvalue weighted by molar-refractivity contribution is 8.15. The van der Waals surface area contributed by atoms with Crippen molar-refractivity contribution < 1.29 is 8.91 Å². The molecule has 1 fully saturated rings. The van der Waals surface area contributed by atoms with Crippen molar-refractivity contribution in [3.05, 3.63) is 71.7 Å². The van der Waals surface area contributed by atoms with Crippen molar-refractivity contribution >= 4 is 35.2 Å². The normalized spacial score (nSPS) is 24.4. The SMILES string of the molecule is Cc1nn(-c2ccccc2)c2c1P(=S)(OC1CCC(C(C)(C)C)CC1)N(C)C(c1ccc(F)cc1)=N2. The van der Waals surface area contributed by atoms with E-state index in [2.05, 4.69) is 20.8 Å². The molecular formula is C28H34FN4OPS. The van der Waals surface area contributed by atoms with Gasteiger partial charge in [-0.2, -0.15) is 5.10 Å². The van der Waals surface area contributed by atoms with Crippen molar-refractivity contribution in [1.82, 2.24) is 14.5 Å². The predicted molar refractivity (Wildman–Crippen MR) is 149 cm³/mol. The van der Waals surface area contributed by atoms with Crippen LogP contribution in [0.15, 0.2) is 59.6 Å². The number of aromatic nitrogens is 2. The number of hydrogen-bond donors (Lipinski definition) is 0. The Morgan fingerprint density at radius 3 is 2.25 bits per heavy atom. The summed E-state index contributed by atoms with van der Waals surface area (Å²) in [7, 11) is 1.96. The molecule has 1 unspecified atom stereocenters. The van der Waals surface area contributed by atoms with Crippen LogP contribution in [0.25, 0.3) is 5.69 Å². The average molecular weight is 525 g/mol. The molecule has 1 atom stereocenters. The van der Waals surface area contributed by atoms with Gasteiger partial charge in [-0.05, 0) is 92.1 Å². The summed E-state index contributed by atoms with van der Waals surface area (Å²) >= 11 is 6.47. The van der Waals surface area contributed by atoms with E-state index in [9.17, 15) is 4.39 Å². The molecule has 2 aliphatic rings. The molecule has 5 rings (SSSR count). The molecule has 1 aromatic heterocycles. The van der Waals surface area contributed by atoms with Crippen molar-refractivity contribution in [3.8, 4) is 5.69 Å². The van der Waals surface area contributed by atoms with Gasteiger partial charge in [-0.1, -0.05) is 39.0 Å². The summed E-state index contributed by atoms with van der Waals surface area (Å²) in [5.74, 6) is 1.80. The second-order valence-electron chi connectivity index (χ2n) is 10.9. The van der Waals surface area contributed by atoms with Crippen molar-refractivity contribution in [1.29, 1.82) is 0 Å². The number of para-hydroxylation sites is 1. The van der Waals surface area contributed by atoms with Gasteiger partial charge in [0.05, 0.1) is 22.8 Å². The van der Waals surface area contributed by atoms with Gasteiger partial charge in [0.25, 0.3) is 0 Å². The van der Waals surface area contributed by atoms with Gasteiger partial charge in [0.2, 0.25) is 0 Å². The summed E-state index contributed by atoms with van der Waals surface area (Å²) < 4.78 is 24.6. The van der Waals surface area contributed by atoms with Crippen LogP contribution in [-0.4, -0.2) is 33.4 Å². The van der Waals surface area contributed by atoms with Gasteiger partial charge in [0.15, 0.2) is 12.2 Å². The Kier molecular flexibility index (Phi) is 6.69. The maximum atomic E-state index is 13.7. The van der Waals surface area contributed by atoms with Gasteiger partial charge in [0.1, 0.15) is 11.7 Å². The van der Waals surface area contributed by atoms with E-state index < -0.39 is 6.42 Å². The van der Waals surface area contributed by atoms with Gasteiger partial charge in [-0.25, -0.2) is 14.1 Å². The van der Waals surface area contributed by atoms with Crippen molar-refractivity contribution in [2.75, 3.05) is 7.05 Å². The molecule has 2 heterocycles. The van der Waals surface area contributed by atoms with E-state index in [1.165, 1.54) is 12.1 Å². The van der Waals surface area contributed by atoms with Crippen LogP contribution in [0.4, 0.5) is 10.2 Å². The third-order valence-electron chi connectivity index (χ3n) is 7.50. The van der Waals surface area contributed by atoms with E-state index in [1.807, 2.05) is 53.7 Å². The first kappa shape index (κ1) is 25.3. The zero-order valence-electron chi connectivity index (χ0n) is 21.6. The minimum atomic E-state index is -2.74. The molecule has 0 spiro atoms. The Balaban J connectivity index is 1.59. The fourth-order valence-corrected chi connectivity index (χ4v) is 9.01. The number of aliphatic imine (C=N–C) groups is 1. The number of aryl methyl sites for hydroxylation is 1. The van der Waals surface area contributed by atoms with Crippen molar-refractivity contribution in [2.24, 2.45) is 16.3 Å². The first-order valence-corrected chi connectivity index (χ1v) is 15.3. The number of hydrogen-bond acceptors (Lipinski definition) is 4. The molecule has 1 aliphatic heterocycles. The Labute approximate surface area is 218 Å². The van der Waals surface area contributed by atoms with E-state index in [4.69, 9.17) is 26.4 Å². The Morgan fingerprint density at radius 1 is 1.00 bits per heavy atom. The van der Waals surface area contributed by atoms with Gasteiger partial charge >= 0.3 is 0 Å². The van der Waals surface area contributed by atoms with Crippen molar-refractivity contribution in [3.63, 3.8) is 0 Å². The summed E-state index contributed by atoms with van der Waals surface area (Å²) in [5.41, 5.74) is 2.86. The number of benzene rings is 2. The minimum absolute atomic E-state index is 0.0942. The molecule has 8 heteroatoms. The first-order chi connectivity index (χ1) is 17.1. The Morgan fingerprint density at radius 2 is 1.64 bits per heavy atom. The van der Waals surface area contributed by atoms with Gasteiger partial charge < -0.3 is 9.19 Å². The van der Waals surface area contributed by atoms with E-state index in [1.54, 1.807) is 12.1 Å². The van der Waals surface area contributed by atoms with E-state index in [0.29, 0.717) is 23.0 Å². The highest BCUT2D eigenvalue weighted by Gasteiger charge is 2.43. The standard InChI is InChI=1S/C28H34FN4OPS/c1-19-25-27(33(31-19)23-9-7-6-8-10-23)30-26(20-11-15-22(29)16-12-20)32(5)35(25,36)34-24-17-13-21(14-18-24)28(2,3)4/h6-12,15-16,21,24H,13-14,17-18H2,1-5H3. The second-order valence-corrected chi connectivity index (χ2v) is 14.7. The molecule has 190 valence electrons. The predicted octanol–water partition coefficient (Wildman–Crippen LogP) is 6.90. The summed E-state index contributed by atoms with van der Waals surface area (Å²) in [4.78, 5) is 5.06. The van der Waals surface area contributed by atoms with E-state index in [-0.39, 0.29) is 11.9 Å². The topological polar surface area (TPSA) is 42.6 Å². The molecule has 0 N–H and O–H groups in total. The summed E-state index contributed by atoms with van der Waals surface area (Å²) in [5, 5.41) is 5.79. The number of fused-ring (bicyclic) bond motifs is 1. The fourth-order valence-electron chi connectivity index (χ4n) is 5.34. The highest BCUT2D eigenvalue weighted by Crippen LogP contribution is 2.58. The molecule has 3 aromatic rings. The molecule has 0 amide bonds. The fraction of sp³-hybridized carbons (Fsp3) is 0.429. The van der Waals surface area contributed by atoms with Gasteiger partial charge in [-0.3, -0.25) is 0 Å². The highest BCUT2D eigenvalue weighted by atomic mass is 32.4. The zero-order valence-corrected chi connectivity index (χ0v) is 23.3. The zero-order chi connectivity index (χ0) is 25.7. The third-order valence-corrected chi connectivity index (χ3v) is 11.7. The van der Waals surface area contributed by atoms with E-state index >= 15 is 0 Å². The number of nitrogens with zero attached hydrogens (tertiary/aromatic N) is 4. The third kappa shape index (κ3) is 4.57. The summed E-state index contributed by atoms with van der Waals surface area (Å²) in [6.45, 7) is 8.97. The lowest BCUT2D eigenvalue weighted by atomic mass is 9.72. The molecule has 36 heavy (non-hydrogen) atoms. The molecule has 0 saturated heterocycles. The summed E-state index contributed by atoms with van der Waals surface area (Å²) in [6, 6.07) is 16.4. The molecule has 1 saturated carbocycles. The molecular weight excluding hydrogens is 490 g/mol. The number of halogens is 1. The molecule has 0 bridgehead atoms. The number of amidine groups is 1. The monoisotopic (exact) mass is 524 g/mol. The largest absolute Gasteiger partial charge is 0.327 e. The maximum absolute atomic E-state index is 13.7. The quantitative estimate of drug-likeness (QED) is 0.348. The lowest BCUT2D eigenvalue weighted by Crippen LogP contribution is -2.37. The number of rotatable bonds is 4. The maximum Gasteiger partial charge on any atom is 0.192 e. The first-order valence-electron chi connectivity index (χ1n) is 12.6. The van der Waals surface area contributed by atoms with Crippen LogP contribution in [0.1, 0.15) is 57.7 Å². The van der Waals surface area contributed by atoms with Gasteiger partial charge in [-0.15, -0.1) is 0 Å². The molecule has 5 nitrogen and oxygen atoms in total. The van der Waals surface area contributed by atoms with Crippen LogP contribution in [0.3, 0.4) is 0 Å². The van der Waals surface area contributed by atoms with Crippen LogP contribution >= 0.6 is 6.42 Å². The smallest absolute Gasteiger partial charge is 0.192 e. The lowest BCUT2D eigenvalue weighted by Gasteiger charge is -2.42. The van der Waals surface area contributed by atoms with Crippen LogP contribution in [-0.2, 0) is 16.3 Å². The van der Waals surface area contributed by atoms with Gasteiger partial charge in [0, 0.05) is 12.6 Å². The Bertz CT molecular complexity index is 1320. The van der Waals surface area contributed by atoms with Crippen LogP contribution < -0.4 is 5.30 Å².